The minimum atomic E-state index is -0.129. The van der Waals surface area contributed by atoms with Crippen LogP contribution in [0.15, 0.2) is 0 Å². The van der Waals surface area contributed by atoms with Gasteiger partial charge in [0.25, 0.3) is 0 Å². The molecule has 0 rings (SSSR count). The third kappa shape index (κ3) is 8.51. The molecule has 0 radical (unpaired) electrons. The van der Waals surface area contributed by atoms with Gasteiger partial charge < -0.3 is 10.6 Å². The van der Waals surface area contributed by atoms with Crippen LogP contribution in [0.5, 0.6) is 0 Å². The lowest BCUT2D eigenvalue weighted by atomic mass is 9.85. The molecule has 0 fully saturated rings. The molecule has 0 unspecified atom stereocenters. The van der Waals surface area contributed by atoms with Crippen LogP contribution in [-0.2, 0) is 4.79 Å². The number of carbonyl (C=O) groups is 1. The van der Waals surface area contributed by atoms with Crippen LogP contribution in [0.1, 0.15) is 54.9 Å². The molecule has 18 heavy (non-hydrogen) atoms. The van der Waals surface area contributed by atoms with E-state index in [4.69, 9.17) is 0 Å². The lowest BCUT2D eigenvalue weighted by Crippen LogP contribution is -2.42. The highest BCUT2D eigenvalue weighted by Crippen LogP contribution is 2.19. The maximum atomic E-state index is 11.6. The summed E-state index contributed by atoms with van der Waals surface area (Å²) in [5, 5.41) is 6.38. The number of amides is 1. The van der Waals surface area contributed by atoms with E-state index in [0.717, 1.165) is 13.1 Å². The van der Waals surface area contributed by atoms with Gasteiger partial charge in [-0.2, -0.15) is 0 Å². The predicted molar refractivity (Wildman–Crippen MR) is 78.5 cm³/mol. The van der Waals surface area contributed by atoms with Crippen molar-refractivity contribution in [2.24, 2.45) is 17.8 Å². The van der Waals surface area contributed by atoms with Gasteiger partial charge in [-0.3, -0.25) is 4.79 Å². The van der Waals surface area contributed by atoms with E-state index >= 15 is 0 Å². The lowest BCUT2D eigenvalue weighted by Gasteiger charge is -2.25. The topological polar surface area (TPSA) is 41.1 Å². The molecule has 0 aromatic heterocycles. The van der Waals surface area contributed by atoms with Crippen LogP contribution in [0.25, 0.3) is 0 Å². The summed E-state index contributed by atoms with van der Waals surface area (Å²) in [5.41, 5.74) is -0.129. The van der Waals surface area contributed by atoms with Gasteiger partial charge in [0.1, 0.15) is 0 Å². The Kier molecular flexibility index (Phi) is 7.53. The van der Waals surface area contributed by atoms with E-state index < -0.39 is 0 Å². The van der Waals surface area contributed by atoms with E-state index in [-0.39, 0.29) is 11.4 Å². The minimum absolute atomic E-state index is 0.126. The lowest BCUT2D eigenvalue weighted by molar-refractivity contribution is -0.122. The molecule has 0 aliphatic rings. The van der Waals surface area contributed by atoms with Crippen molar-refractivity contribution in [2.45, 2.75) is 60.4 Å². The summed E-state index contributed by atoms with van der Waals surface area (Å²) in [7, 11) is 0. The zero-order valence-electron chi connectivity index (χ0n) is 13.3. The van der Waals surface area contributed by atoms with Crippen molar-refractivity contribution in [1.29, 1.82) is 0 Å². The first kappa shape index (κ1) is 17.4. The predicted octanol–water partition coefficient (Wildman–Crippen LogP) is 2.81. The smallest absolute Gasteiger partial charge is 0.221 e. The minimum Gasteiger partial charge on any atom is -0.351 e. The highest BCUT2D eigenvalue weighted by molar-refractivity contribution is 5.76. The second-order valence-corrected chi connectivity index (χ2v) is 6.90. The summed E-state index contributed by atoms with van der Waals surface area (Å²) in [6.45, 7) is 16.8. The van der Waals surface area contributed by atoms with E-state index in [1.165, 1.54) is 0 Å². The van der Waals surface area contributed by atoms with Gasteiger partial charge in [-0.15, -0.1) is 0 Å². The Labute approximate surface area is 113 Å². The molecule has 1 amide bonds. The van der Waals surface area contributed by atoms with Crippen LogP contribution in [0.2, 0.25) is 0 Å². The molecule has 0 aromatic rings. The van der Waals surface area contributed by atoms with Crippen molar-refractivity contribution in [2.75, 3.05) is 13.1 Å². The fraction of sp³-hybridized carbons (Fsp3) is 0.933. The van der Waals surface area contributed by atoms with Crippen molar-refractivity contribution >= 4 is 5.91 Å². The molecule has 0 aromatic carbocycles. The van der Waals surface area contributed by atoms with E-state index in [9.17, 15) is 4.79 Å². The Morgan fingerprint density at radius 3 is 1.94 bits per heavy atom. The molecule has 0 aliphatic heterocycles. The fourth-order valence-electron chi connectivity index (χ4n) is 2.19. The molecule has 0 heterocycles. The Bertz CT molecular complexity index is 233. The maximum absolute atomic E-state index is 11.6. The number of hydrogen-bond donors (Lipinski definition) is 2. The third-order valence-corrected chi connectivity index (χ3v) is 3.14. The van der Waals surface area contributed by atoms with Gasteiger partial charge in [0.15, 0.2) is 0 Å². The molecule has 0 spiro atoms. The van der Waals surface area contributed by atoms with Crippen molar-refractivity contribution in [3.63, 3.8) is 0 Å². The molecule has 3 nitrogen and oxygen atoms in total. The second kappa shape index (κ2) is 7.78. The highest BCUT2D eigenvalue weighted by atomic mass is 16.1. The average Bonchev–Trinajstić information content (AvgIpc) is 2.12. The van der Waals surface area contributed by atoms with Crippen molar-refractivity contribution < 1.29 is 4.79 Å². The molecule has 0 saturated heterocycles. The van der Waals surface area contributed by atoms with E-state index in [0.29, 0.717) is 24.2 Å². The second-order valence-electron chi connectivity index (χ2n) is 6.90. The summed E-state index contributed by atoms with van der Waals surface area (Å²) in [5.74, 6) is 2.16. The summed E-state index contributed by atoms with van der Waals surface area (Å²) in [4.78, 5) is 11.6. The van der Waals surface area contributed by atoms with Gasteiger partial charge in [0.2, 0.25) is 5.91 Å². The zero-order valence-corrected chi connectivity index (χ0v) is 13.3. The summed E-state index contributed by atoms with van der Waals surface area (Å²) in [6, 6.07) is 0. The SMILES string of the molecule is CC(C)C(CNCCC(=O)NC(C)(C)C)C(C)C. The first-order valence-corrected chi connectivity index (χ1v) is 7.15. The van der Waals surface area contributed by atoms with Gasteiger partial charge in [0.05, 0.1) is 0 Å². The normalized spacial score (nSPS) is 12.6. The van der Waals surface area contributed by atoms with E-state index in [1.54, 1.807) is 0 Å². The quantitative estimate of drug-likeness (QED) is 0.688. The number of carbonyl (C=O) groups excluding carboxylic acids is 1. The van der Waals surface area contributed by atoms with Crippen LogP contribution in [0.4, 0.5) is 0 Å². The molecular weight excluding hydrogens is 224 g/mol. The summed E-state index contributed by atoms with van der Waals surface area (Å²) >= 11 is 0. The first-order valence-electron chi connectivity index (χ1n) is 7.15. The van der Waals surface area contributed by atoms with Crippen molar-refractivity contribution in [3.05, 3.63) is 0 Å². The fourth-order valence-corrected chi connectivity index (χ4v) is 2.19. The zero-order chi connectivity index (χ0) is 14.3. The van der Waals surface area contributed by atoms with Crippen LogP contribution in [0, 0.1) is 17.8 Å². The maximum Gasteiger partial charge on any atom is 0.221 e. The van der Waals surface area contributed by atoms with Crippen LogP contribution >= 0.6 is 0 Å². The molecule has 0 saturated carbocycles. The molecule has 3 heteroatoms. The average molecular weight is 256 g/mol. The Balaban J connectivity index is 3.82. The third-order valence-electron chi connectivity index (χ3n) is 3.14. The van der Waals surface area contributed by atoms with Crippen molar-refractivity contribution in [1.82, 2.24) is 10.6 Å². The molecule has 0 aliphatic carbocycles. The van der Waals surface area contributed by atoms with Gasteiger partial charge in [-0.25, -0.2) is 0 Å². The van der Waals surface area contributed by atoms with Crippen LogP contribution < -0.4 is 10.6 Å². The highest BCUT2D eigenvalue weighted by Gasteiger charge is 2.17. The van der Waals surface area contributed by atoms with E-state index in [1.807, 2.05) is 20.8 Å². The first-order chi connectivity index (χ1) is 8.13. The number of nitrogens with one attached hydrogen (secondary N) is 2. The Morgan fingerprint density at radius 2 is 1.56 bits per heavy atom. The number of rotatable bonds is 7. The largest absolute Gasteiger partial charge is 0.351 e. The van der Waals surface area contributed by atoms with Gasteiger partial charge in [-0.05, 0) is 45.1 Å². The molecule has 108 valence electrons. The monoisotopic (exact) mass is 256 g/mol. The molecular formula is C15H32N2O. The molecule has 0 bridgehead atoms. The number of hydrogen-bond acceptors (Lipinski definition) is 2. The van der Waals surface area contributed by atoms with E-state index in [2.05, 4.69) is 38.3 Å². The van der Waals surface area contributed by atoms with Gasteiger partial charge in [-0.1, -0.05) is 27.7 Å². The molecule has 2 N–H and O–H groups in total. The summed E-state index contributed by atoms with van der Waals surface area (Å²) < 4.78 is 0. The van der Waals surface area contributed by atoms with Gasteiger partial charge in [0, 0.05) is 18.5 Å². The Hall–Kier alpha value is -0.570. The van der Waals surface area contributed by atoms with Gasteiger partial charge >= 0.3 is 0 Å². The standard InChI is InChI=1S/C15H32N2O/c1-11(2)13(12(3)4)10-16-9-8-14(18)17-15(5,6)7/h11-13,16H,8-10H2,1-7H3,(H,17,18). The van der Waals surface area contributed by atoms with Crippen LogP contribution in [-0.4, -0.2) is 24.5 Å². The Morgan fingerprint density at radius 1 is 1.06 bits per heavy atom. The van der Waals surface area contributed by atoms with Crippen molar-refractivity contribution in [3.8, 4) is 0 Å². The van der Waals surface area contributed by atoms with Crippen LogP contribution in [0.3, 0.4) is 0 Å². The summed E-state index contributed by atoms with van der Waals surface area (Å²) in [6.07, 6.45) is 0.556. The molecule has 0 atom stereocenters.